The van der Waals surface area contributed by atoms with E-state index in [0.29, 0.717) is 17.5 Å². The zero-order valence-electron chi connectivity index (χ0n) is 11.7. The van der Waals surface area contributed by atoms with Crippen molar-refractivity contribution in [2.24, 2.45) is 16.7 Å². The SMILES string of the molecule is C=C1C(C)(C)[C@@H]2CC[C@@]1(C(=O)Nc1cc(C)on1)C2. The molecule has 1 aromatic rings. The standard InChI is InChI=1S/C15H20N2O2/c1-9-7-12(17-19-9)16-13(18)15-6-5-11(8-15)14(3,4)10(15)2/h7,11H,2,5-6,8H2,1,3-4H3,(H,16,17,18)/t11-,15-/m1/s1. The number of aromatic nitrogens is 1. The van der Waals surface area contributed by atoms with Gasteiger partial charge in [-0.25, -0.2) is 0 Å². The van der Waals surface area contributed by atoms with E-state index >= 15 is 0 Å². The molecule has 1 aromatic heterocycles. The Morgan fingerprint density at radius 2 is 2.32 bits per heavy atom. The molecule has 102 valence electrons. The van der Waals surface area contributed by atoms with Gasteiger partial charge in [-0.05, 0) is 37.5 Å². The number of anilines is 1. The van der Waals surface area contributed by atoms with Gasteiger partial charge in [0.1, 0.15) is 5.76 Å². The van der Waals surface area contributed by atoms with Crippen molar-refractivity contribution in [3.05, 3.63) is 24.0 Å². The fourth-order valence-electron chi connectivity index (χ4n) is 3.80. The van der Waals surface area contributed by atoms with Crippen LogP contribution >= 0.6 is 0 Å². The number of nitrogens with one attached hydrogen (secondary N) is 1. The van der Waals surface area contributed by atoms with Gasteiger partial charge in [0.2, 0.25) is 5.91 Å². The molecule has 2 fully saturated rings. The van der Waals surface area contributed by atoms with Gasteiger partial charge in [-0.15, -0.1) is 0 Å². The Hall–Kier alpha value is -1.58. The van der Waals surface area contributed by atoms with E-state index in [0.717, 1.165) is 24.8 Å². The Morgan fingerprint density at radius 1 is 1.58 bits per heavy atom. The minimum atomic E-state index is -0.402. The highest BCUT2D eigenvalue weighted by Gasteiger charge is 2.60. The largest absolute Gasteiger partial charge is 0.360 e. The zero-order valence-corrected chi connectivity index (χ0v) is 11.7. The number of aryl methyl sites for hydroxylation is 1. The summed E-state index contributed by atoms with van der Waals surface area (Å²) in [5.41, 5.74) is 0.741. The van der Waals surface area contributed by atoms with Gasteiger partial charge >= 0.3 is 0 Å². The second-order valence-electron chi connectivity index (χ2n) is 6.50. The first-order valence-electron chi connectivity index (χ1n) is 6.81. The summed E-state index contributed by atoms with van der Waals surface area (Å²) < 4.78 is 4.99. The van der Waals surface area contributed by atoms with Gasteiger partial charge < -0.3 is 9.84 Å². The number of carbonyl (C=O) groups excluding carboxylic acids is 1. The predicted octanol–water partition coefficient (Wildman–Crippen LogP) is 3.30. The third-order valence-corrected chi connectivity index (χ3v) is 5.19. The van der Waals surface area contributed by atoms with Crippen molar-refractivity contribution in [3.63, 3.8) is 0 Å². The number of hydrogen-bond acceptors (Lipinski definition) is 3. The molecular weight excluding hydrogens is 240 g/mol. The molecule has 3 rings (SSSR count). The molecule has 19 heavy (non-hydrogen) atoms. The minimum Gasteiger partial charge on any atom is -0.360 e. The molecule has 2 saturated carbocycles. The van der Waals surface area contributed by atoms with Crippen LogP contribution in [0.5, 0.6) is 0 Å². The minimum absolute atomic E-state index is 0.0267. The van der Waals surface area contributed by atoms with E-state index < -0.39 is 5.41 Å². The maximum atomic E-state index is 12.6. The second-order valence-corrected chi connectivity index (χ2v) is 6.50. The molecule has 2 atom stereocenters. The molecule has 0 aliphatic heterocycles. The highest BCUT2D eigenvalue weighted by Crippen LogP contribution is 2.65. The van der Waals surface area contributed by atoms with Gasteiger partial charge in [0.05, 0.1) is 5.41 Å². The van der Waals surface area contributed by atoms with Gasteiger partial charge in [-0.1, -0.05) is 31.2 Å². The maximum absolute atomic E-state index is 12.6. The lowest BCUT2D eigenvalue weighted by Gasteiger charge is -2.36. The summed E-state index contributed by atoms with van der Waals surface area (Å²) in [6, 6.07) is 1.74. The molecule has 4 heteroatoms. The van der Waals surface area contributed by atoms with Crippen LogP contribution in [0.15, 0.2) is 22.7 Å². The molecule has 2 bridgehead atoms. The van der Waals surface area contributed by atoms with Crippen LogP contribution in [0, 0.1) is 23.7 Å². The number of rotatable bonds is 2. The van der Waals surface area contributed by atoms with Crippen LogP contribution in [-0.2, 0) is 4.79 Å². The van der Waals surface area contributed by atoms with Crippen molar-refractivity contribution >= 4 is 11.7 Å². The van der Waals surface area contributed by atoms with Crippen molar-refractivity contribution in [1.82, 2.24) is 5.16 Å². The van der Waals surface area contributed by atoms with Crippen molar-refractivity contribution in [3.8, 4) is 0 Å². The normalized spacial score (nSPS) is 31.7. The van der Waals surface area contributed by atoms with Crippen LogP contribution in [-0.4, -0.2) is 11.1 Å². The average molecular weight is 260 g/mol. The van der Waals surface area contributed by atoms with E-state index in [1.807, 2.05) is 6.92 Å². The third kappa shape index (κ3) is 1.58. The Labute approximate surface area is 113 Å². The monoisotopic (exact) mass is 260 g/mol. The topological polar surface area (TPSA) is 55.1 Å². The summed E-state index contributed by atoms with van der Waals surface area (Å²) in [7, 11) is 0. The van der Waals surface area contributed by atoms with E-state index in [1.54, 1.807) is 6.07 Å². The van der Waals surface area contributed by atoms with Crippen molar-refractivity contribution in [2.75, 3.05) is 5.32 Å². The quantitative estimate of drug-likeness (QED) is 0.830. The highest BCUT2D eigenvalue weighted by molar-refractivity contribution is 5.97. The first kappa shape index (κ1) is 12.5. The molecule has 0 saturated heterocycles. The van der Waals surface area contributed by atoms with Gasteiger partial charge in [0.25, 0.3) is 0 Å². The summed E-state index contributed by atoms with van der Waals surface area (Å²) in [6.45, 7) is 10.4. The molecule has 4 nitrogen and oxygen atoms in total. The van der Waals surface area contributed by atoms with Gasteiger partial charge in [-0.3, -0.25) is 4.79 Å². The number of hydrogen-bond donors (Lipinski definition) is 1. The predicted molar refractivity (Wildman–Crippen MR) is 72.6 cm³/mol. The van der Waals surface area contributed by atoms with Crippen molar-refractivity contribution in [2.45, 2.75) is 40.0 Å². The summed E-state index contributed by atoms with van der Waals surface area (Å²) in [4.78, 5) is 12.6. The Balaban J connectivity index is 1.86. The summed E-state index contributed by atoms with van der Waals surface area (Å²) in [5.74, 6) is 1.80. The molecule has 2 aliphatic carbocycles. The van der Waals surface area contributed by atoms with Crippen LogP contribution in [0.4, 0.5) is 5.82 Å². The Kier molecular flexibility index (Phi) is 2.43. The van der Waals surface area contributed by atoms with E-state index in [9.17, 15) is 4.79 Å². The van der Waals surface area contributed by atoms with Gasteiger partial charge in [-0.2, -0.15) is 0 Å². The number of nitrogens with zero attached hydrogens (tertiary/aromatic N) is 1. The van der Waals surface area contributed by atoms with Crippen LogP contribution in [0.25, 0.3) is 0 Å². The van der Waals surface area contributed by atoms with Gasteiger partial charge in [0.15, 0.2) is 5.82 Å². The molecule has 2 aliphatic rings. The highest BCUT2D eigenvalue weighted by atomic mass is 16.5. The molecule has 1 amide bonds. The van der Waals surface area contributed by atoms with Crippen molar-refractivity contribution in [1.29, 1.82) is 0 Å². The van der Waals surface area contributed by atoms with Crippen LogP contribution in [0.1, 0.15) is 38.9 Å². The first-order valence-corrected chi connectivity index (χ1v) is 6.81. The average Bonchev–Trinajstić information content (AvgIpc) is 2.98. The molecule has 0 radical (unpaired) electrons. The first-order chi connectivity index (χ1) is 8.86. The Morgan fingerprint density at radius 3 is 2.84 bits per heavy atom. The lowest BCUT2D eigenvalue weighted by molar-refractivity contribution is -0.123. The van der Waals surface area contributed by atoms with E-state index in [4.69, 9.17) is 4.52 Å². The van der Waals surface area contributed by atoms with Gasteiger partial charge in [0, 0.05) is 6.07 Å². The number of fused-ring (bicyclic) bond motifs is 2. The molecule has 1 N–H and O–H groups in total. The Bertz CT molecular complexity index is 558. The molecule has 0 aromatic carbocycles. The fourth-order valence-corrected chi connectivity index (χ4v) is 3.80. The number of amides is 1. The van der Waals surface area contributed by atoms with Crippen LogP contribution in [0.2, 0.25) is 0 Å². The second kappa shape index (κ2) is 3.71. The fraction of sp³-hybridized carbons (Fsp3) is 0.600. The van der Waals surface area contributed by atoms with E-state index in [-0.39, 0.29) is 11.3 Å². The molecule has 0 unspecified atom stereocenters. The smallest absolute Gasteiger partial charge is 0.235 e. The lowest BCUT2D eigenvalue weighted by atomic mass is 9.68. The maximum Gasteiger partial charge on any atom is 0.235 e. The van der Waals surface area contributed by atoms with Crippen LogP contribution < -0.4 is 5.32 Å². The van der Waals surface area contributed by atoms with Crippen molar-refractivity contribution < 1.29 is 9.32 Å². The van der Waals surface area contributed by atoms with E-state index in [1.165, 1.54) is 0 Å². The molecular formula is C15H20N2O2. The summed E-state index contributed by atoms with van der Waals surface area (Å²) in [6.07, 6.45) is 2.93. The summed E-state index contributed by atoms with van der Waals surface area (Å²) >= 11 is 0. The molecule has 1 heterocycles. The lowest BCUT2D eigenvalue weighted by Crippen LogP contribution is -2.37. The van der Waals surface area contributed by atoms with E-state index in [2.05, 4.69) is 30.9 Å². The van der Waals surface area contributed by atoms with Crippen LogP contribution in [0.3, 0.4) is 0 Å². The summed E-state index contributed by atoms with van der Waals surface area (Å²) in [5, 5.41) is 6.72. The zero-order chi connectivity index (χ0) is 13.8. The molecule has 0 spiro atoms. The number of carbonyl (C=O) groups is 1. The third-order valence-electron chi connectivity index (χ3n) is 5.19.